The lowest BCUT2D eigenvalue weighted by Crippen LogP contribution is -2.59. The largest absolute Gasteiger partial charge is 0.417 e. The summed E-state index contributed by atoms with van der Waals surface area (Å²) >= 11 is 12.0. The molecule has 1 N–H and O–H groups in total. The van der Waals surface area contributed by atoms with Gasteiger partial charge in [-0.2, -0.15) is 13.2 Å². The van der Waals surface area contributed by atoms with Crippen LogP contribution < -0.4 is 0 Å². The van der Waals surface area contributed by atoms with E-state index < -0.39 is 17.2 Å². The summed E-state index contributed by atoms with van der Waals surface area (Å²) in [6.07, 6.45) is 0.545. The molecule has 0 aromatic heterocycles. The lowest BCUT2D eigenvalue weighted by Gasteiger charge is -2.55. The van der Waals surface area contributed by atoms with E-state index in [2.05, 4.69) is 5.16 Å². The molecule has 2 aromatic rings. The van der Waals surface area contributed by atoms with Gasteiger partial charge in [0.2, 0.25) is 0 Å². The van der Waals surface area contributed by atoms with Gasteiger partial charge in [0, 0.05) is 24.2 Å². The Balaban J connectivity index is 1.29. The van der Waals surface area contributed by atoms with E-state index >= 15 is 0 Å². The number of aliphatic hydroxyl groups is 1. The van der Waals surface area contributed by atoms with Crippen LogP contribution in [0.15, 0.2) is 58.8 Å². The molecule has 0 bridgehead atoms. The van der Waals surface area contributed by atoms with Crippen LogP contribution in [0.1, 0.15) is 80.9 Å². The number of hydrogen-bond acceptors (Lipinski definition) is 4. The third-order valence-electron chi connectivity index (χ3n) is 10.6. The molecule has 4 aliphatic rings. The van der Waals surface area contributed by atoms with Crippen molar-refractivity contribution in [2.45, 2.75) is 82.6 Å². The van der Waals surface area contributed by atoms with Gasteiger partial charge in [0.15, 0.2) is 5.60 Å². The third-order valence-corrected chi connectivity index (χ3v) is 11.3. The van der Waals surface area contributed by atoms with Gasteiger partial charge >= 0.3 is 6.18 Å². The highest BCUT2D eigenvalue weighted by Gasteiger charge is 2.72. The molecule has 0 saturated heterocycles. The van der Waals surface area contributed by atoms with Crippen LogP contribution in [0.4, 0.5) is 13.2 Å². The lowest BCUT2D eigenvalue weighted by atomic mass is 9.50. The number of rotatable bonds is 5. The first-order valence-electron chi connectivity index (χ1n) is 14.6. The topological polar surface area (TPSA) is 58.9 Å². The quantitative estimate of drug-likeness (QED) is 0.207. The minimum atomic E-state index is -4.70. The molecule has 9 heteroatoms. The molecule has 3 fully saturated rings. The second kappa shape index (κ2) is 11.0. The van der Waals surface area contributed by atoms with Crippen molar-refractivity contribution in [1.82, 2.24) is 0 Å². The molecule has 6 rings (SSSR count). The Hall–Kier alpha value is -2.35. The van der Waals surface area contributed by atoms with Gasteiger partial charge in [0.05, 0.1) is 16.3 Å². The minimum absolute atomic E-state index is 0.0133. The molecule has 0 heterocycles. The Labute approximate surface area is 253 Å². The van der Waals surface area contributed by atoms with Crippen LogP contribution in [0.5, 0.6) is 0 Å². The van der Waals surface area contributed by atoms with Crippen LogP contribution in [0, 0.1) is 23.2 Å². The fourth-order valence-corrected chi connectivity index (χ4v) is 8.82. The number of benzene rings is 2. The van der Waals surface area contributed by atoms with E-state index in [1.807, 2.05) is 24.3 Å². The summed E-state index contributed by atoms with van der Waals surface area (Å²) in [5.74, 6) is -0.0316. The Bertz CT molecular complexity index is 1440. The normalized spacial score (nSPS) is 33.0. The number of alkyl halides is 3. The number of carbonyl (C=O) groups is 1. The zero-order valence-electron chi connectivity index (χ0n) is 23.4. The van der Waals surface area contributed by atoms with Gasteiger partial charge in [-0.05, 0) is 85.1 Å². The number of Topliss-reactive ketones (excluding diaryl/α,β-unsaturated/α-hetero) is 1. The smallest absolute Gasteiger partial charge is 0.391 e. The molecular weight excluding hydrogens is 586 g/mol. The van der Waals surface area contributed by atoms with Crippen LogP contribution in [0.25, 0.3) is 0 Å². The van der Waals surface area contributed by atoms with Gasteiger partial charge < -0.3 is 9.94 Å². The molecule has 224 valence electrons. The van der Waals surface area contributed by atoms with Gasteiger partial charge in [0.25, 0.3) is 0 Å². The van der Waals surface area contributed by atoms with Crippen molar-refractivity contribution in [1.29, 1.82) is 0 Å². The first kappa shape index (κ1) is 29.7. The summed E-state index contributed by atoms with van der Waals surface area (Å²) in [6, 6.07) is 12.9. The molecule has 2 aromatic carbocycles. The number of fused-ring (bicyclic) bond motifs is 4. The van der Waals surface area contributed by atoms with Crippen LogP contribution in [0.3, 0.4) is 0 Å². The second-order valence-electron chi connectivity index (χ2n) is 12.7. The highest BCUT2D eigenvalue weighted by Crippen LogP contribution is 2.69. The average molecular weight is 621 g/mol. The summed E-state index contributed by atoms with van der Waals surface area (Å²) in [5, 5.41) is 16.2. The molecule has 4 aliphatic carbocycles. The third kappa shape index (κ3) is 4.99. The number of hydrogen-bond donors (Lipinski definition) is 1. The SMILES string of the molecule is CC12CC(c3ccc(C=NOCc4ccc(Cl)c(Cl)c4)cc3)C3=C4CCC(=O)CC4CCC3C1CCC2(O)C(F)(F)F. The molecule has 6 atom stereocenters. The van der Waals surface area contributed by atoms with E-state index in [4.69, 9.17) is 28.0 Å². The van der Waals surface area contributed by atoms with Crippen molar-refractivity contribution < 1.29 is 27.9 Å². The van der Waals surface area contributed by atoms with Gasteiger partial charge in [0.1, 0.15) is 12.4 Å². The van der Waals surface area contributed by atoms with Crippen molar-refractivity contribution in [3.8, 4) is 0 Å². The minimum Gasteiger partial charge on any atom is -0.391 e. The van der Waals surface area contributed by atoms with E-state index in [0.29, 0.717) is 35.7 Å². The molecule has 4 nitrogen and oxygen atoms in total. The summed E-state index contributed by atoms with van der Waals surface area (Å²) in [4.78, 5) is 17.7. The Morgan fingerprint density at radius 3 is 2.55 bits per heavy atom. The number of halogens is 5. The molecule has 3 saturated carbocycles. The molecule has 6 unspecified atom stereocenters. The molecule has 0 aliphatic heterocycles. The maximum atomic E-state index is 14.4. The number of oxime groups is 1. The van der Waals surface area contributed by atoms with Crippen molar-refractivity contribution >= 4 is 35.2 Å². The fraction of sp³-hybridized carbons (Fsp3) is 0.515. The van der Waals surface area contributed by atoms with Crippen molar-refractivity contribution in [3.05, 3.63) is 80.3 Å². The summed E-state index contributed by atoms with van der Waals surface area (Å²) in [5.41, 5.74) is 1.09. The maximum absolute atomic E-state index is 14.4. The predicted molar refractivity (Wildman–Crippen MR) is 157 cm³/mol. The van der Waals surface area contributed by atoms with E-state index in [1.165, 1.54) is 11.1 Å². The standard InChI is InChI=1S/C33H34Cl2F3NO3/c1-31-16-26(21-5-2-19(3-6-21)17-39-42-18-20-4-11-28(34)29(35)14-20)30-24-10-8-23(40)15-22(24)7-9-25(30)27(31)12-13-32(31,41)33(36,37)38/h2-6,11,14,17,22,25-27,41H,7-10,12-13,15-16,18H2,1H3. The first-order valence-corrected chi connectivity index (χ1v) is 15.4. The number of carbonyl (C=O) groups excluding carboxylic acids is 1. The molecule has 42 heavy (non-hydrogen) atoms. The van der Waals surface area contributed by atoms with Crippen LogP contribution in [-0.4, -0.2) is 28.9 Å². The number of allylic oxidation sites excluding steroid dienone is 2. The average Bonchev–Trinajstić information content (AvgIpc) is 3.24. The molecule has 0 amide bonds. The summed E-state index contributed by atoms with van der Waals surface area (Å²) in [6.45, 7) is 1.88. The van der Waals surface area contributed by atoms with Gasteiger partial charge in [-0.3, -0.25) is 4.79 Å². The summed E-state index contributed by atoms with van der Waals surface area (Å²) in [7, 11) is 0. The van der Waals surface area contributed by atoms with Crippen molar-refractivity contribution in [2.75, 3.05) is 0 Å². The van der Waals surface area contributed by atoms with Gasteiger partial charge in [-0.15, -0.1) is 0 Å². The van der Waals surface area contributed by atoms with Gasteiger partial charge in [-0.25, -0.2) is 0 Å². The van der Waals surface area contributed by atoms with E-state index in [0.717, 1.165) is 29.5 Å². The zero-order valence-corrected chi connectivity index (χ0v) is 24.9. The van der Waals surface area contributed by atoms with Gasteiger partial charge in [-0.1, -0.05) is 76.8 Å². The lowest BCUT2D eigenvalue weighted by molar-refractivity contribution is -0.299. The Kier molecular flexibility index (Phi) is 7.76. The molecular formula is C33H34Cl2F3NO3. The van der Waals surface area contributed by atoms with E-state index in [9.17, 15) is 23.1 Å². The zero-order chi connectivity index (χ0) is 29.9. The van der Waals surface area contributed by atoms with Crippen molar-refractivity contribution in [3.63, 3.8) is 0 Å². The van der Waals surface area contributed by atoms with E-state index in [1.54, 1.807) is 31.3 Å². The second-order valence-corrected chi connectivity index (χ2v) is 13.5. The highest BCUT2D eigenvalue weighted by atomic mass is 35.5. The van der Waals surface area contributed by atoms with Crippen LogP contribution >= 0.6 is 23.2 Å². The Morgan fingerprint density at radius 2 is 1.83 bits per heavy atom. The highest BCUT2D eigenvalue weighted by molar-refractivity contribution is 6.42. The van der Waals surface area contributed by atoms with E-state index in [-0.39, 0.29) is 48.9 Å². The Morgan fingerprint density at radius 1 is 1.07 bits per heavy atom. The maximum Gasteiger partial charge on any atom is 0.417 e. The number of ketones is 1. The predicted octanol–water partition coefficient (Wildman–Crippen LogP) is 8.82. The fourth-order valence-electron chi connectivity index (χ4n) is 8.50. The molecule has 0 radical (unpaired) electrons. The monoisotopic (exact) mass is 619 g/mol. The molecule has 0 spiro atoms. The first-order chi connectivity index (χ1) is 19.9. The van der Waals surface area contributed by atoms with Crippen molar-refractivity contribution in [2.24, 2.45) is 28.3 Å². The summed E-state index contributed by atoms with van der Waals surface area (Å²) < 4.78 is 43.3. The van der Waals surface area contributed by atoms with Crippen LogP contribution in [0.2, 0.25) is 10.0 Å². The number of nitrogens with zero attached hydrogens (tertiary/aromatic N) is 1. The van der Waals surface area contributed by atoms with Crippen LogP contribution in [-0.2, 0) is 16.2 Å².